The second-order valence-corrected chi connectivity index (χ2v) is 7.43. The van der Waals surface area contributed by atoms with Gasteiger partial charge in [-0.1, -0.05) is 12.1 Å². The van der Waals surface area contributed by atoms with Gasteiger partial charge in [-0.05, 0) is 71.8 Å². The first-order chi connectivity index (χ1) is 13.1. The van der Waals surface area contributed by atoms with Crippen molar-refractivity contribution < 1.29 is 19.1 Å². The lowest BCUT2D eigenvalue weighted by molar-refractivity contribution is -0.118. The molecule has 1 fully saturated rings. The molecule has 1 aliphatic rings. The van der Waals surface area contributed by atoms with Gasteiger partial charge in [0.25, 0.3) is 11.8 Å². The summed E-state index contributed by atoms with van der Waals surface area (Å²) in [4.78, 5) is 24.7. The topological polar surface area (TPSA) is 76.7 Å². The molecule has 1 atom stereocenters. The Balaban J connectivity index is 1.55. The average Bonchev–Trinajstić information content (AvgIpc) is 3.20. The Bertz CT molecular complexity index is 789. The lowest BCUT2D eigenvalue weighted by Crippen LogP contribution is -2.32. The summed E-state index contributed by atoms with van der Waals surface area (Å²) in [5, 5.41) is 5.61. The Labute approximate surface area is 171 Å². The van der Waals surface area contributed by atoms with E-state index in [-0.39, 0.29) is 24.5 Å². The van der Waals surface area contributed by atoms with E-state index >= 15 is 0 Å². The fourth-order valence-electron chi connectivity index (χ4n) is 2.76. The molecule has 2 amide bonds. The van der Waals surface area contributed by atoms with Crippen molar-refractivity contribution in [2.75, 3.05) is 25.1 Å². The summed E-state index contributed by atoms with van der Waals surface area (Å²) in [5.74, 6) is 0.0565. The summed E-state index contributed by atoms with van der Waals surface area (Å²) < 4.78 is 12.1. The van der Waals surface area contributed by atoms with Gasteiger partial charge in [0.1, 0.15) is 5.75 Å². The quantitative estimate of drug-likeness (QED) is 0.597. The van der Waals surface area contributed by atoms with E-state index in [0.717, 1.165) is 23.0 Å². The van der Waals surface area contributed by atoms with Crippen molar-refractivity contribution in [3.63, 3.8) is 0 Å². The molecule has 2 aromatic rings. The van der Waals surface area contributed by atoms with Crippen molar-refractivity contribution in [3.8, 4) is 5.75 Å². The Morgan fingerprint density at radius 1 is 1.15 bits per heavy atom. The number of ether oxygens (including phenoxy) is 2. The van der Waals surface area contributed by atoms with Gasteiger partial charge in [0.05, 0.1) is 17.4 Å². The number of carbonyl (C=O) groups excluding carboxylic acids is 2. The Kier molecular flexibility index (Phi) is 7.05. The van der Waals surface area contributed by atoms with Crippen LogP contribution in [-0.4, -0.2) is 37.7 Å². The molecule has 0 bridgehead atoms. The maximum Gasteiger partial charge on any atom is 0.262 e. The van der Waals surface area contributed by atoms with E-state index in [0.29, 0.717) is 23.5 Å². The average molecular weight is 480 g/mol. The molecule has 1 aliphatic heterocycles. The molecule has 27 heavy (non-hydrogen) atoms. The molecule has 0 spiro atoms. The molecule has 0 saturated carbocycles. The lowest BCUT2D eigenvalue weighted by atomic mass is 10.1. The van der Waals surface area contributed by atoms with E-state index in [1.165, 1.54) is 0 Å². The summed E-state index contributed by atoms with van der Waals surface area (Å²) in [6, 6.07) is 14.3. The van der Waals surface area contributed by atoms with Gasteiger partial charge in [-0.25, -0.2) is 0 Å². The second kappa shape index (κ2) is 9.70. The number of hydrogen-bond donors (Lipinski definition) is 2. The third-order valence-electron chi connectivity index (χ3n) is 4.14. The van der Waals surface area contributed by atoms with E-state index < -0.39 is 0 Å². The summed E-state index contributed by atoms with van der Waals surface area (Å²) in [6.07, 6.45) is 2.04. The molecule has 6 nitrogen and oxygen atoms in total. The number of nitrogens with one attached hydrogen (secondary N) is 2. The molecule has 0 radical (unpaired) electrons. The number of benzene rings is 2. The van der Waals surface area contributed by atoms with Crippen molar-refractivity contribution in [3.05, 3.63) is 57.7 Å². The standard InChI is InChI=1S/C20H21IN2O4/c21-14-7-9-15(10-8-14)27-13-19(24)23-18-6-2-1-5-17(18)20(25)22-12-16-4-3-11-26-16/h1-2,5-10,16H,3-4,11-13H2,(H,22,25)(H,23,24). The highest BCUT2D eigenvalue weighted by atomic mass is 127. The molecule has 1 heterocycles. The maximum atomic E-state index is 12.5. The van der Waals surface area contributed by atoms with Gasteiger partial charge >= 0.3 is 0 Å². The zero-order valence-electron chi connectivity index (χ0n) is 14.7. The van der Waals surface area contributed by atoms with Crippen LogP contribution < -0.4 is 15.4 Å². The predicted octanol–water partition coefficient (Wildman–Crippen LogP) is 3.22. The monoisotopic (exact) mass is 480 g/mol. The van der Waals surface area contributed by atoms with Crippen LogP contribution in [0.2, 0.25) is 0 Å². The maximum absolute atomic E-state index is 12.5. The molecule has 1 unspecified atom stereocenters. The van der Waals surface area contributed by atoms with E-state index in [1.807, 2.05) is 24.3 Å². The molecule has 2 aromatic carbocycles. The number of rotatable bonds is 7. The highest BCUT2D eigenvalue weighted by molar-refractivity contribution is 14.1. The van der Waals surface area contributed by atoms with Crippen LogP contribution >= 0.6 is 22.6 Å². The van der Waals surface area contributed by atoms with Crippen molar-refractivity contribution >= 4 is 40.1 Å². The number of hydrogen-bond acceptors (Lipinski definition) is 4. The molecular weight excluding hydrogens is 459 g/mol. The van der Waals surface area contributed by atoms with Crippen molar-refractivity contribution in [1.29, 1.82) is 0 Å². The van der Waals surface area contributed by atoms with E-state index in [1.54, 1.807) is 24.3 Å². The van der Waals surface area contributed by atoms with Gasteiger partial charge in [0, 0.05) is 16.7 Å². The van der Waals surface area contributed by atoms with Crippen LogP contribution in [0.5, 0.6) is 5.75 Å². The van der Waals surface area contributed by atoms with Gasteiger partial charge in [0.15, 0.2) is 6.61 Å². The van der Waals surface area contributed by atoms with Gasteiger partial charge in [-0.2, -0.15) is 0 Å². The third kappa shape index (κ3) is 5.93. The van der Waals surface area contributed by atoms with E-state index in [9.17, 15) is 9.59 Å². The second-order valence-electron chi connectivity index (χ2n) is 6.18. The normalized spacial score (nSPS) is 16.0. The van der Waals surface area contributed by atoms with Crippen LogP contribution in [-0.2, 0) is 9.53 Å². The van der Waals surface area contributed by atoms with Gasteiger partial charge in [-0.15, -0.1) is 0 Å². The van der Waals surface area contributed by atoms with E-state index in [4.69, 9.17) is 9.47 Å². The van der Waals surface area contributed by atoms with Crippen LogP contribution in [0, 0.1) is 3.57 Å². The highest BCUT2D eigenvalue weighted by Crippen LogP contribution is 2.17. The minimum atomic E-state index is -0.326. The van der Waals surface area contributed by atoms with Crippen molar-refractivity contribution in [2.45, 2.75) is 18.9 Å². The van der Waals surface area contributed by atoms with E-state index in [2.05, 4.69) is 33.2 Å². The summed E-state index contributed by atoms with van der Waals surface area (Å²) >= 11 is 2.20. The van der Waals surface area contributed by atoms with Crippen LogP contribution in [0.15, 0.2) is 48.5 Å². The lowest BCUT2D eigenvalue weighted by Gasteiger charge is -2.14. The number of amides is 2. The summed E-state index contributed by atoms with van der Waals surface area (Å²) in [6.45, 7) is 1.08. The zero-order chi connectivity index (χ0) is 19.1. The van der Waals surface area contributed by atoms with Crippen LogP contribution in [0.4, 0.5) is 5.69 Å². The fraction of sp³-hybridized carbons (Fsp3) is 0.300. The van der Waals surface area contributed by atoms with Gasteiger partial charge in [-0.3, -0.25) is 9.59 Å². The number of halogens is 1. The zero-order valence-corrected chi connectivity index (χ0v) is 16.9. The third-order valence-corrected chi connectivity index (χ3v) is 4.86. The van der Waals surface area contributed by atoms with Crippen LogP contribution in [0.3, 0.4) is 0 Å². The van der Waals surface area contributed by atoms with Crippen molar-refractivity contribution in [2.24, 2.45) is 0 Å². The van der Waals surface area contributed by atoms with Crippen LogP contribution in [0.25, 0.3) is 0 Å². The Hall–Kier alpha value is -2.13. The first-order valence-electron chi connectivity index (χ1n) is 8.79. The predicted molar refractivity (Wildman–Crippen MR) is 111 cm³/mol. The molecule has 3 rings (SSSR count). The Morgan fingerprint density at radius 2 is 1.93 bits per heavy atom. The van der Waals surface area contributed by atoms with Gasteiger partial charge in [0.2, 0.25) is 0 Å². The van der Waals surface area contributed by atoms with Crippen LogP contribution in [0.1, 0.15) is 23.2 Å². The molecule has 1 saturated heterocycles. The molecular formula is C20H21IN2O4. The smallest absolute Gasteiger partial charge is 0.262 e. The molecule has 2 N–H and O–H groups in total. The largest absolute Gasteiger partial charge is 0.484 e. The first kappa shape index (κ1) is 19.6. The van der Waals surface area contributed by atoms with Crippen molar-refractivity contribution in [1.82, 2.24) is 5.32 Å². The minimum Gasteiger partial charge on any atom is -0.484 e. The molecule has 142 valence electrons. The molecule has 0 aliphatic carbocycles. The van der Waals surface area contributed by atoms with Gasteiger partial charge < -0.3 is 20.1 Å². The fourth-order valence-corrected chi connectivity index (χ4v) is 3.12. The number of para-hydroxylation sites is 1. The number of anilines is 1. The minimum absolute atomic E-state index is 0.0676. The highest BCUT2D eigenvalue weighted by Gasteiger charge is 2.18. The summed E-state index contributed by atoms with van der Waals surface area (Å²) in [7, 11) is 0. The summed E-state index contributed by atoms with van der Waals surface area (Å²) in [5.41, 5.74) is 0.872. The SMILES string of the molecule is O=C(COc1ccc(I)cc1)Nc1ccccc1C(=O)NCC1CCCO1. The molecule has 7 heteroatoms. The first-order valence-corrected chi connectivity index (χ1v) is 9.87. The molecule has 0 aromatic heterocycles. The Morgan fingerprint density at radius 3 is 2.67 bits per heavy atom. The number of carbonyl (C=O) groups is 2.